The van der Waals surface area contributed by atoms with Crippen molar-refractivity contribution in [2.45, 2.75) is 153 Å². The summed E-state index contributed by atoms with van der Waals surface area (Å²) in [6.45, 7) is 9.74. The van der Waals surface area contributed by atoms with Crippen LogP contribution in [0.25, 0.3) is 5.69 Å². The number of urea groups is 1. The number of nitrogens with one attached hydrogen (secondary N) is 5. The number of nitrogens with two attached hydrogens (primary N) is 3. The first-order chi connectivity index (χ1) is 39.7. The van der Waals surface area contributed by atoms with E-state index in [2.05, 4.69) is 26.6 Å². The fourth-order valence-corrected chi connectivity index (χ4v) is 10.8. The molecule has 1 saturated heterocycles. The molecule has 4 rings (SSSR count). The molecule has 1 aliphatic heterocycles. The molecule has 24 nitrogen and oxygen atoms in total. The fourth-order valence-electron chi connectivity index (χ4n) is 9.67. The van der Waals surface area contributed by atoms with E-state index in [1.165, 1.54) is 4.68 Å². The highest BCUT2D eigenvalue weighted by Gasteiger charge is 2.40. The fraction of sp³-hybridized carbons (Fsp3) is 0.579. The van der Waals surface area contributed by atoms with Crippen LogP contribution in [0.5, 0.6) is 0 Å². The molecule has 0 aliphatic carbocycles. The van der Waals surface area contributed by atoms with Gasteiger partial charge in [0, 0.05) is 70.0 Å². The highest BCUT2D eigenvalue weighted by atomic mass is 32.2. The number of amides is 8. The largest absolute Gasteiger partial charge is 0.480 e. The third kappa shape index (κ3) is 22.2. The molecule has 1 aromatic heterocycles. The van der Waals surface area contributed by atoms with Crippen LogP contribution >= 0.6 is 11.8 Å². The Balaban J connectivity index is 1.31. The number of halogens is 2. The molecule has 3 aromatic rings. The minimum absolute atomic E-state index is 0.00952. The van der Waals surface area contributed by atoms with Crippen molar-refractivity contribution in [3.8, 4) is 5.69 Å². The number of aliphatic hydroxyl groups excluding tert-OH is 1. The molecule has 464 valence electrons. The number of aliphatic carboxylic acids is 2. The lowest BCUT2D eigenvalue weighted by atomic mass is 9.81. The Bertz CT molecular complexity index is 2710. The van der Waals surface area contributed by atoms with Crippen molar-refractivity contribution in [1.82, 2.24) is 46.2 Å². The van der Waals surface area contributed by atoms with Crippen molar-refractivity contribution < 1.29 is 67.3 Å². The summed E-state index contributed by atoms with van der Waals surface area (Å²) in [6.07, 6.45) is 3.89. The SMILES string of the molecule is CC(C)[C@H](NC(=O)CCCCCN1C(=O)CC(SC[C@H](N)C(=O)O)C1=O)C(=O)N[C@@H](CCCNC(N)=O)C(=O)N[C@@H](CCCCNC(=O)[C@@H](N)CCN(CCO)[C@@H](c1nn(-c2cc(F)ccc2F)cc1Cc1ccccc1)C(C)(C)C)C(=O)O. The van der Waals surface area contributed by atoms with Crippen molar-refractivity contribution in [3.05, 3.63) is 83.2 Å². The number of nitrogens with zero attached hydrogens (tertiary/aromatic N) is 4. The van der Waals surface area contributed by atoms with E-state index in [-0.39, 0.29) is 102 Å². The zero-order chi connectivity index (χ0) is 62.3. The topological polar surface area (TPSA) is 377 Å². The third-order valence-electron chi connectivity index (χ3n) is 14.1. The quantitative estimate of drug-likeness (QED) is 0.0292. The minimum Gasteiger partial charge on any atom is -0.480 e. The summed E-state index contributed by atoms with van der Waals surface area (Å²) in [4.78, 5) is 117. The van der Waals surface area contributed by atoms with Gasteiger partial charge in [-0.1, -0.05) is 71.4 Å². The molecule has 1 aliphatic rings. The number of aliphatic hydroxyl groups is 1. The number of imide groups is 1. The van der Waals surface area contributed by atoms with Crippen LogP contribution in [-0.2, 0) is 44.8 Å². The number of aromatic nitrogens is 2. The lowest BCUT2D eigenvalue weighted by Gasteiger charge is -2.40. The number of hydrogen-bond acceptors (Lipinski definition) is 15. The van der Waals surface area contributed by atoms with Gasteiger partial charge < -0.3 is 59.1 Å². The normalized spacial score (nSPS) is 15.7. The van der Waals surface area contributed by atoms with Crippen LogP contribution in [0.3, 0.4) is 0 Å². The molecule has 0 bridgehead atoms. The molecular formula is C57H84F2N12O12S. The average Bonchev–Trinajstić information content (AvgIpc) is 2.55. The number of likely N-dealkylation sites (tertiary alicyclic amines) is 1. The molecule has 2 heterocycles. The minimum atomic E-state index is -1.41. The van der Waals surface area contributed by atoms with E-state index in [9.17, 15) is 57.8 Å². The molecule has 27 heteroatoms. The summed E-state index contributed by atoms with van der Waals surface area (Å²) in [6, 6.07) is 5.37. The van der Waals surface area contributed by atoms with Gasteiger partial charge in [-0.2, -0.15) is 5.10 Å². The lowest BCUT2D eigenvalue weighted by molar-refractivity contribution is -0.142. The van der Waals surface area contributed by atoms with Crippen LogP contribution in [0, 0.1) is 23.0 Å². The maximum absolute atomic E-state index is 15.1. The van der Waals surface area contributed by atoms with Gasteiger partial charge in [-0.05, 0) is 86.0 Å². The second-order valence-corrected chi connectivity index (χ2v) is 23.5. The number of carboxylic acids is 2. The van der Waals surface area contributed by atoms with Crippen LogP contribution in [0.2, 0.25) is 0 Å². The summed E-state index contributed by atoms with van der Waals surface area (Å²) in [5, 5.41) is 46.6. The van der Waals surface area contributed by atoms with Gasteiger partial charge in [0.05, 0.1) is 29.6 Å². The first-order valence-corrected chi connectivity index (χ1v) is 29.3. The standard InChI is InChI=1S/C57H84F2N12O12S/c1-34(2)47(67-45(73)19-10-7-13-25-70-46(74)31-44(53(70)78)84-33-40(61)54(79)80)52(77)65-41(18-14-24-64-56(62)83)51(76)66-42(55(81)82)17-11-12-23-63-50(75)39(60)22-26-69(27-28-72)49(57(3,4)5)48-36(29-35-15-8-6-9-16-35)32-71(68-48)43-30-37(58)20-21-38(43)59/h6,8-9,15-16,20-21,30,32,34,39-42,44,47,49,72H,7,10-14,17-19,22-29,31,33,60-61H2,1-5H3,(H,63,75)(H,65,77)(H,66,76)(H,67,73)(H,79,80)(H,81,82)(H3,62,64,83)/t39-,40-,41-,42-,44?,47-,49-/m0/s1. The molecule has 0 spiro atoms. The van der Waals surface area contributed by atoms with Crippen molar-refractivity contribution in [2.75, 3.05) is 45.1 Å². The molecule has 1 unspecified atom stereocenters. The molecule has 1 fully saturated rings. The average molecular weight is 1200 g/mol. The number of carboxylic acid groups (broad SMARTS) is 2. The van der Waals surface area contributed by atoms with Crippen LogP contribution in [0.15, 0.2) is 54.7 Å². The summed E-state index contributed by atoms with van der Waals surface area (Å²) in [5.41, 5.74) is 18.8. The molecular weight excluding hydrogens is 1110 g/mol. The zero-order valence-corrected chi connectivity index (χ0v) is 49.3. The van der Waals surface area contributed by atoms with Gasteiger partial charge in [0.15, 0.2) is 0 Å². The molecule has 0 saturated carbocycles. The molecule has 2 aromatic carbocycles. The number of primary amides is 1. The predicted molar refractivity (Wildman–Crippen MR) is 310 cm³/mol. The van der Waals surface area contributed by atoms with E-state index >= 15 is 4.39 Å². The maximum Gasteiger partial charge on any atom is 0.326 e. The number of unbranched alkanes of at least 4 members (excludes halogenated alkanes) is 3. The monoisotopic (exact) mass is 1200 g/mol. The summed E-state index contributed by atoms with van der Waals surface area (Å²) in [7, 11) is 0. The van der Waals surface area contributed by atoms with Gasteiger partial charge in [0.1, 0.15) is 41.5 Å². The highest BCUT2D eigenvalue weighted by Crippen LogP contribution is 2.40. The Labute approximate surface area is 492 Å². The second-order valence-electron chi connectivity index (χ2n) is 22.3. The predicted octanol–water partition coefficient (Wildman–Crippen LogP) is 2.60. The number of thioether (sulfide) groups is 1. The van der Waals surface area contributed by atoms with Gasteiger partial charge in [-0.3, -0.25) is 43.4 Å². The van der Waals surface area contributed by atoms with Gasteiger partial charge in [0.25, 0.3) is 0 Å². The molecule has 8 amide bonds. The summed E-state index contributed by atoms with van der Waals surface area (Å²) < 4.78 is 30.9. The van der Waals surface area contributed by atoms with Crippen molar-refractivity contribution in [2.24, 2.45) is 28.5 Å². The van der Waals surface area contributed by atoms with E-state index in [0.717, 1.165) is 46.0 Å². The summed E-state index contributed by atoms with van der Waals surface area (Å²) in [5.74, 6) is -7.70. The van der Waals surface area contributed by atoms with Crippen LogP contribution in [0.4, 0.5) is 13.6 Å². The third-order valence-corrected chi connectivity index (χ3v) is 15.4. The number of carbonyl (C=O) groups excluding carboxylic acids is 7. The lowest BCUT2D eigenvalue weighted by Crippen LogP contribution is -2.57. The van der Waals surface area contributed by atoms with Gasteiger partial charge in [0.2, 0.25) is 35.4 Å². The number of carbonyl (C=O) groups is 9. The van der Waals surface area contributed by atoms with E-state index in [1.54, 1.807) is 20.0 Å². The van der Waals surface area contributed by atoms with E-state index in [0.29, 0.717) is 37.8 Å². The Morgan fingerprint density at radius 1 is 0.798 bits per heavy atom. The van der Waals surface area contributed by atoms with Crippen LogP contribution < -0.4 is 43.8 Å². The Hall–Kier alpha value is -7.07. The van der Waals surface area contributed by atoms with Crippen LogP contribution in [0.1, 0.15) is 128 Å². The second kappa shape index (κ2) is 34.0. The smallest absolute Gasteiger partial charge is 0.326 e. The van der Waals surface area contributed by atoms with Crippen molar-refractivity contribution in [3.63, 3.8) is 0 Å². The van der Waals surface area contributed by atoms with Crippen LogP contribution in [-0.4, -0.2) is 169 Å². The van der Waals surface area contributed by atoms with Gasteiger partial charge in [-0.15, -0.1) is 11.8 Å². The number of benzene rings is 2. The van der Waals surface area contributed by atoms with Gasteiger partial charge >= 0.3 is 18.0 Å². The maximum atomic E-state index is 15.1. The van der Waals surface area contributed by atoms with Crippen molar-refractivity contribution >= 4 is 65.2 Å². The number of hydrogen-bond donors (Lipinski definition) is 11. The molecule has 84 heavy (non-hydrogen) atoms. The van der Waals surface area contributed by atoms with E-state index in [1.807, 2.05) is 56.0 Å². The highest BCUT2D eigenvalue weighted by molar-refractivity contribution is 8.00. The Kier molecular flexibility index (Phi) is 28.1. The molecule has 7 atom stereocenters. The Morgan fingerprint density at radius 3 is 2.12 bits per heavy atom. The first-order valence-electron chi connectivity index (χ1n) is 28.3. The number of rotatable bonds is 37. The van der Waals surface area contributed by atoms with Gasteiger partial charge in [-0.25, -0.2) is 23.1 Å². The van der Waals surface area contributed by atoms with Crippen molar-refractivity contribution in [1.29, 1.82) is 0 Å². The molecule has 14 N–H and O–H groups in total. The zero-order valence-electron chi connectivity index (χ0n) is 48.5. The summed E-state index contributed by atoms with van der Waals surface area (Å²) >= 11 is 1.02. The molecule has 0 radical (unpaired) electrons. The van der Waals surface area contributed by atoms with E-state index < -0.39 is 112 Å². The first kappa shape index (κ1) is 69.4. The Morgan fingerprint density at radius 2 is 1.48 bits per heavy atom. The van der Waals surface area contributed by atoms with E-state index in [4.69, 9.17) is 27.4 Å².